The molecule has 0 fully saturated rings. The summed E-state index contributed by atoms with van der Waals surface area (Å²) in [7, 11) is 0. The Morgan fingerprint density at radius 3 is 2.46 bits per heavy atom. The summed E-state index contributed by atoms with van der Waals surface area (Å²) in [4.78, 5) is 21.3. The van der Waals surface area contributed by atoms with Gasteiger partial charge in [-0.15, -0.1) is 0 Å². The summed E-state index contributed by atoms with van der Waals surface area (Å²) in [5.74, 6) is -3.09. The van der Waals surface area contributed by atoms with E-state index < -0.39 is 17.8 Å². The smallest absolute Gasteiger partial charge is 0.315 e. The van der Waals surface area contributed by atoms with Crippen molar-refractivity contribution in [1.82, 2.24) is 5.32 Å². The highest BCUT2D eigenvalue weighted by Gasteiger charge is 2.20. The van der Waals surface area contributed by atoms with E-state index in [1.165, 1.54) is 6.92 Å². The Kier molecular flexibility index (Phi) is 4.52. The van der Waals surface area contributed by atoms with Crippen molar-refractivity contribution in [3.8, 4) is 6.07 Å². The second-order valence-corrected chi connectivity index (χ2v) is 2.84. The molecule has 0 aromatic rings. The summed E-state index contributed by atoms with van der Waals surface area (Å²) < 4.78 is 0. The van der Waals surface area contributed by atoms with E-state index in [0.717, 1.165) is 0 Å². The highest BCUT2D eigenvalue weighted by molar-refractivity contribution is 5.96. The molecule has 0 aliphatic carbocycles. The quantitative estimate of drug-likeness (QED) is 0.601. The van der Waals surface area contributed by atoms with E-state index >= 15 is 0 Å². The van der Waals surface area contributed by atoms with Gasteiger partial charge in [-0.05, 0) is 13.8 Å². The SMILES string of the molecule is CC(C#N)CNC(=O)C(C)C(=O)O. The minimum Gasteiger partial charge on any atom is -0.481 e. The highest BCUT2D eigenvalue weighted by Crippen LogP contribution is 1.95. The molecule has 2 atom stereocenters. The van der Waals surface area contributed by atoms with Gasteiger partial charge in [-0.3, -0.25) is 9.59 Å². The van der Waals surface area contributed by atoms with Crippen molar-refractivity contribution in [2.75, 3.05) is 6.54 Å². The zero-order valence-corrected chi connectivity index (χ0v) is 7.57. The number of nitrogens with zero attached hydrogens (tertiary/aromatic N) is 1. The second-order valence-electron chi connectivity index (χ2n) is 2.84. The number of amides is 1. The number of rotatable bonds is 4. The number of nitriles is 1. The topological polar surface area (TPSA) is 90.2 Å². The van der Waals surface area contributed by atoms with Crippen LogP contribution < -0.4 is 5.32 Å². The van der Waals surface area contributed by atoms with Gasteiger partial charge in [0.25, 0.3) is 0 Å². The monoisotopic (exact) mass is 184 g/mol. The molecule has 0 radical (unpaired) electrons. The zero-order valence-electron chi connectivity index (χ0n) is 7.57. The fourth-order valence-corrected chi connectivity index (χ4v) is 0.565. The van der Waals surface area contributed by atoms with Crippen LogP contribution in [0.25, 0.3) is 0 Å². The molecular weight excluding hydrogens is 172 g/mol. The Morgan fingerprint density at radius 2 is 2.08 bits per heavy atom. The molecule has 0 saturated carbocycles. The first-order chi connectivity index (χ1) is 5.99. The molecule has 0 aliphatic rings. The lowest BCUT2D eigenvalue weighted by Crippen LogP contribution is -2.35. The number of carboxylic acids is 1. The minimum absolute atomic E-state index is 0.187. The van der Waals surface area contributed by atoms with Crippen molar-refractivity contribution in [2.45, 2.75) is 13.8 Å². The summed E-state index contributed by atoms with van der Waals surface area (Å²) in [5, 5.41) is 19.2. The maximum absolute atomic E-state index is 11.0. The van der Waals surface area contributed by atoms with Gasteiger partial charge in [0.05, 0.1) is 12.0 Å². The van der Waals surface area contributed by atoms with Crippen LogP contribution in [0.3, 0.4) is 0 Å². The molecule has 0 spiro atoms. The Balaban J connectivity index is 3.89. The summed E-state index contributed by atoms with van der Waals surface area (Å²) in [6.45, 7) is 3.13. The third-order valence-corrected chi connectivity index (χ3v) is 1.57. The Morgan fingerprint density at radius 1 is 1.54 bits per heavy atom. The molecule has 2 unspecified atom stereocenters. The van der Waals surface area contributed by atoms with E-state index in [0.29, 0.717) is 0 Å². The van der Waals surface area contributed by atoms with E-state index in [-0.39, 0.29) is 12.5 Å². The lowest BCUT2D eigenvalue weighted by atomic mass is 10.1. The largest absolute Gasteiger partial charge is 0.481 e. The molecule has 0 heterocycles. The fraction of sp³-hybridized carbons (Fsp3) is 0.625. The van der Waals surface area contributed by atoms with Crippen molar-refractivity contribution in [3.63, 3.8) is 0 Å². The Bertz CT molecular complexity index is 244. The van der Waals surface area contributed by atoms with Crippen LogP contribution in [0.4, 0.5) is 0 Å². The van der Waals surface area contributed by atoms with Gasteiger partial charge in [-0.25, -0.2) is 0 Å². The molecule has 0 rings (SSSR count). The van der Waals surface area contributed by atoms with Gasteiger partial charge in [0, 0.05) is 6.54 Å². The molecule has 5 heteroatoms. The predicted molar refractivity (Wildman–Crippen MR) is 44.6 cm³/mol. The minimum atomic E-state index is -1.16. The first kappa shape index (κ1) is 11.4. The van der Waals surface area contributed by atoms with Gasteiger partial charge in [0.2, 0.25) is 5.91 Å². The fourth-order valence-electron chi connectivity index (χ4n) is 0.565. The summed E-state index contributed by atoms with van der Waals surface area (Å²) in [5.41, 5.74) is 0. The molecule has 0 bridgehead atoms. The number of aliphatic carboxylic acids is 1. The maximum Gasteiger partial charge on any atom is 0.315 e. The first-order valence-corrected chi connectivity index (χ1v) is 3.89. The average molecular weight is 184 g/mol. The van der Waals surface area contributed by atoms with Crippen LogP contribution in [0, 0.1) is 23.2 Å². The van der Waals surface area contributed by atoms with Crippen LogP contribution in [0.1, 0.15) is 13.8 Å². The van der Waals surface area contributed by atoms with Crippen molar-refractivity contribution < 1.29 is 14.7 Å². The third-order valence-electron chi connectivity index (χ3n) is 1.57. The van der Waals surface area contributed by atoms with E-state index in [4.69, 9.17) is 10.4 Å². The predicted octanol–water partition coefficient (Wildman–Crippen LogP) is -0.0170. The standard InChI is InChI=1S/C8H12N2O3/c1-5(3-9)4-10-7(11)6(2)8(12)13/h5-6H,4H2,1-2H3,(H,10,11)(H,12,13). The number of hydrogen-bond acceptors (Lipinski definition) is 3. The van der Waals surface area contributed by atoms with Crippen LogP contribution in [-0.4, -0.2) is 23.5 Å². The number of nitrogens with one attached hydrogen (secondary N) is 1. The number of hydrogen-bond donors (Lipinski definition) is 2. The van der Waals surface area contributed by atoms with E-state index in [9.17, 15) is 9.59 Å². The molecule has 2 N–H and O–H groups in total. The maximum atomic E-state index is 11.0. The Hall–Kier alpha value is -1.57. The summed E-state index contributed by atoms with van der Waals surface area (Å²) in [6.07, 6.45) is 0. The Labute approximate surface area is 76.4 Å². The van der Waals surface area contributed by atoms with Gasteiger partial charge in [0.1, 0.15) is 5.92 Å². The molecule has 0 aromatic heterocycles. The number of carbonyl (C=O) groups is 2. The van der Waals surface area contributed by atoms with Crippen molar-refractivity contribution in [3.05, 3.63) is 0 Å². The zero-order chi connectivity index (χ0) is 10.4. The van der Waals surface area contributed by atoms with Crippen molar-refractivity contribution in [1.29, 1.82) is 5.26 Å². The van der Waals surface area contributed by atoms with Crippen LogP contribution in [0.2, 0.25) is 0 Å². The van der Waals surface area contributed by atoms with Crippen LogP contribution >= 0.6 is 0 Å². The van der Waals surface area contributed by atoms with Crippen molar-refractivity contribution >= 4 is 11.9 Å². The van der Waals surface area contributed by atoms with E-state index in [2.05, 4.69) is 5.32 Å². The molecule has 0 saturated heterocycles. The molecule has 1 amide bonds. The second kappa shape index (κ2) is 5.14. The van der Waals surface area contributed by atoms with Crippen molar-refractivity contribution in [2.24, 2.45) is 11.8 Å². The summed E-state index contributed by atoms with van der Waals surface area (Å²) >= 11 is 0. The number of carboxylic acid groups (broad SMARTS) is 1. The third kappa shape index (κ3) is 4.11. The first-order valence-electron chi connectivity index (χ1n) is 3.89. The number of carbonyl (C=O) groups excluding carboxylic acids is 1. The van der Waals surface area contributed by atoms with Crippen LogP contribution in [-0.2, 0) is 9.59 Å². The molecule has 72 valence electrons. The van der Waals surface area contributed by atoms with Crippen LogP contribution in [0.5, 0.6) is 0 Å². The van der Waals surface area contributed by atoms with Gasteiger partial charge < -0.3 is 10.4 Å². The molecular formula is C8H12N2O3. The molecule has 0 aromatic carbocycles. The molecule has 0 aliphatic heterocycles. The van der Waals surface area contributed by atoms with Gasteiger partial charge >= 0.3 is 5.97 Å². The normalized spacial score (nSPS) is 13.9. The van der Waals surface area contributed by atoms with Gasteiger partial charge in [-0.2, -0.15) is 5.26 Å². The lowest BCUT2D eigenvalue weighted by molar-refractivity contribution is -0.146. The van der Waals surface area contributed by atoms with Gasteiger partial charge in [0.15, 0.2) is 0 Å². The average Bonchev–Trinajstić information content (AvgIpc) is 2.11. The highest BCUT2D eigenvalue weighted by atomic mass is 16.4. The van der Waals surface area contributed by atoms with E-state index in [1.54, 1.807) is 6.92 Å². The lowest BCUT2D eigenvalue weighted by Gasteiger charge is -2.08. The molecule has 13 heavy (non-hydrogen) atoms. The summed E-state index contributed by atoms with van der Waals surface area (Å²) in [6, 6.07) is 1.93. The van der Waals surface area contributed by atoms with Gasteiger partial charge in [-0.1, -0.05) is 0 Å². The van der Waals surface area contributed by atoms with Crippen LogP contribution in [0.15, 0.2) is 0 Å². The molecule has 5 nitrogen and oxygen atoms in total. The van der Waals surface area contributed by atoms with E-state index in [1.807, 2.05) is 6.07 Å².